The van der Waals surface area contributed by atoms with Crippen molar-refractivity contribution in [2.24, 2.45) is 5.92 Å². The van der Waals surface area contributed by atoms with Gasteiger partial charge in [0.2, 0.25) is 5.91 Å². The molecule has 1 aromatic carbocycles. The number of pyridine rings is 1. The van der Waals surface area contributed by atoms with E-state index in [0.717, 1.165) is 37.7 Å². The van der Waals surface area contributed by atoms with E-state index < -0.39 is 49.9 Å². The average Bonchev–Trinajstić information content (AvgIpc) is 2.83. The Morgan fingerprint density at radius 2 is 1.84 bits per heavy atom. The smallest absolute Gasteiger partial charge is 0.396 e. The number of rotatable bonds is 9. The number of sulfone groups is 1. The van der Waals surface area contributed by atoms with Gasteiger partial charge in [-0.2, -0.15) is 13.2 Å². The highest BCUT2D eigenvalue weighted by molar-refractivity contribution is 7.90. The number of hydrogen-bond donors (Lipinski definition) is 2. The fourth-order valence-corrected chi connectivity index (χ4v) is 5.58. The van der Waals surface area contributed by atoms with Crippen LogP contribution in [0.1, 0.15) is 80.3 Å². The summed E-state index contributed by atoms with van der Waals surface area (Å²) in [5.41, 5.74) is 5.25. The largest absolute Gasteiger partial charge is 0.433 e. The molecule has 204 valence electrons. The summed E-state index contributed by atoms with van der Waals surface area (Å²) < 4.78 is 77.8. The highest BCUT2D eigenvalue weighted by atomic mass is 32.2. The van der Waals surface area contributed by atoms with Crippen molar-refractivity contribution in [2.75, 3.05) is 12.0 Å². The Labute approximate surface area is 215 Å². The number of amides is 1. The lowest BCUT2D eigenvalue weighted by Gasteiger charge is -2.21. The van der Waals surface area contributed by atoms with Crippen molar-refractivity contribution in [3.05, 3.63) is 52.6 Å². The van der Waals surface area contributed by atoms with Crippen molar-refractivity contribution in [3.8, 4) is 0 Å². The van der Waals surface area contributed by atoms with Gasteiger partial charge in [0, 0.05) is 18.5 Å². The molecule has 1 unspecified atom stereocenters. The van der Waals surface area contributed by atoms with E-state index in [0.29, 0.717) is 30.0 Å². The molecule has 3 N–H and O–H groups in total. The Hall–Kier alpha value is -2.69. The molecule has 1 saturated carbocycles. The van der Waals surface area contributed by atoms with Crippen LogP contribution in [0.2, 0.25) is 0 Å². The van der Waals surface area contributed by atoms with Crippen LogP contribution in [0.3, 0.4) is 0 Å². The zero-order valence-electron chi connectivity index (χ0n) is 21.0. The molecule has 0 radical (unpaired) electrons. The summed E-state index contributed by atoms with van der Waals surface area (Å²) in [5, 5.41) is 2.67. The number of carbonyl (C=O) groups excluding carboxylic acids is 1. The molecule has 0 aliphatic heterocycles. The van der Waals surface area contributed by atoms with Gasteiger partial charge in [-0.25, -0.2) is 17.8 Å². The summed E-state index contributed by atoms with van der Waals surface area (Å²) in [5.74, 6) is -2.00. The molecule has 3 rings (SSSR count). The number of nitrogens with two attached hydrogens (primary N) is 1. The van der Waals surface area contributed by atoms with Crippen LogP contribution in [0.5, 0.6) is 0 Å². The summed E-state index contributed by atoms with van der Waals surface area (Å²) in [7, 11) is -3.84. The van der Waals surface area contributed by atoms with Crippen molar-refractivity contribution >= 4 is 21.4 Å². The van der Waals surface area contributed by atoms with Gasteiger partial charge in [-0.05, 0) is 48.9 Å². The van der Waals surface area contributed by atoms with E-state index in [1.165, 1.54) is 38.3 Å². The molecule has 11 heteroatoms. The standard InChI is InChI=1S/C26H33F4N3O3S/c1-16(19-12-13-21(37(2,35)36)23(27)24(19)31)25(34)32-15-18-11-14-22(26(28,29)30)33-20(18)10-6-9-17-7-4-3-5-8-17/h11-14,16-17H,3-10,15,31H2,1-2H3,(H,32,34). The molecule has 2 aromatic rings. The van der Waals surface area contributed by atoms with Crippen LogP contribution >= 0.6 is 0 Å². The second kappa shape index (κ2) is 11.8. The van der Waals surface area contributed by atoms with Gasteiger partial charge in [0.25, 0.3) is 0 Å². The molecule has 1 amide bonds. The Morgan fingerprint density at radius 3 is 2.46 bits per heavy atom. The number of carbonyl (C=O) groups is 1. The van der Waals surface area contributed by atoms with Crippen LogP contribution in [-0.4, -0.2) is 25.6 Å². The second-order valence-corrected chi connectivity index (χ2v) is 11.8. The quantitative estimate of drug-likeness (QED) is 0.319. The number of aryl methyl sites for hydroxylation is 1. The van der Waals surface area contributed by atoms with E-state index in [9.17, 15) is 30.8 Å². The molecule has 1 heterocycles. The van der Waals surface area contributed by atoms with E-state index in [1.54, 1.807) is 0 Å². The lowest BCUT2D eigenvalue weighted by Crippen LogP contribution is -2.29. The molecule has 0 bridgehead atoms. The first-order valence-corrected chi connectivity index (χ1v) is 14.3. The molecule has 1 atom stereocenters. The van der Waals surface area contributed by atoms with Crippen molar-refractivity contribution in [2.45, 2.75) is 81.8 Å². The summed E-state index contributed by atoms with van der Waals surface area (Å²) >= 11 is 0. The number of nitrogens with zero attached hydrogens (tertiary/aromatic N) is 1. The van der Waals surface area contributed by atoms with Crippen molar-refractivity contribution in [3.63, 3.8) is 0 Å². The molecule has 6 nitrogen and oxygen atoms in total. The van der Waals surface area contributed by atoms with Gasteiger partial charge in [0.05, 0.1) is 11.6 Å². The number of alkyl halides is 3. The maximum atomic E-state index is 14.5. The molecule has 37 heavy (non-hydrogen) atoms. The predicted molar refractivity (Wildman–Crippen MR) is 133 cm³/mol. The molecule has 0 spiro atoms. The van der Waals surface area contributed by atoms with E-state index in [1.807, 2.05) is 0 Å². The number of anilines is 1. The minimum absolute atomic E-state index is 0.0586. The fourth-order valence-electron chi connectivity index (χ4n) is 4.83. The molecular weight excluding hydrogens is 510 g/mol. The van der Waals surface area contributed by atoms with E-state index in [-0.39, 0.29) is 12.1 Å². The molecule has 1 aliphatic carbocycles. The van der Waals surface area contributed by atoms with Gasteiger partial charge in [-0.3, -0.25) is 4.79 Å². The maximum absolute atomic E-state index is 14.5. The first-order chi connectivity index (χ1) is 17.3. The molecular formula is C26H33F4N3O3S. The van der Waals surface area contributed by atoms with E-state index in [2.05, 4.69) is 10.3 Å². The lowest BCUT2D eigenvalue weighted by atomic mass is 9.85. The number of nitrogens with one attached hydrogen (secondary N) is 1. The lowest BCUT2D eigenvalue weighted by molar-refractivity contribution is -0.141. The van der Waals surface area contributed by atoms with Gasteiger partial charge < -0.3 is 11.1 Å². The van der Waals surface area contributed by atoms with Gasteiger partial charge in [0.15, 0.2) is 15.7 Å². The Bertz CT molecular complexity index is 1230. The van der Waals surface area contributed by atoms with Crippen molar-refractivity contribution in [1.29, 1.82) is 0 Å². The second-order valence-electron chi connectivity index (χ2n) is 9.79. The van der Waals surface area contributed by atoms with Gasteiger partial charge >= 0.3 is 6.18 Å². The predicted octanol–water partition coefficient (Wildman–Crippen LogP) is 5.55. The minimum Gasteiger partial charge on any atom is -0.396 e. The minimum atomic E-state index is -4.58. The summed E-state index contributed by atoms with van der Waals surface area (Å²) in [6, 6.07) is 4.57. The van der Waals surface area contributed by atoms with E-state index in [4.69, 9.17) is 5.73 Å². The SMILES string of the molecule is CC(C(=O)NCc1ccc(C(F)(F)F)nc1CCCC1CCCCC1)c1ccc(S(C)(=O)=O)c(F)c1N. The first-order valence-electron chi connectivity index (χ1n) is 12.4. The molecule has 1 aromatic heterocycles. The zero-order valence-corrected chi connectivity index (χ0v) is 21.8. The number of halogens is 4. The maximum Gasteiger partial charge on any atom is 0.433 e. The topological polar surface area (TPSA) is 102 Å². The van der Waals surface area contributed by atoms with E-state index >= 15 is 0 Å². The first kappa shape index (κ1) is 28.9. The van der Waals surface area contributed by atoms with Gasteiger partial charge in [-0.1, -0.05) is 50.7 Å². The van der Waals surface area contributed by atoms with Crippen LogP contribution < -0.4 is 11.1 Å². The number of benzene rings is 1. The van der Waals surface area contributed by atoms with Crippen LogP contribution in [0.15, 0.2) is 29.2 Å². The number of hydrogen-bond acceptors (Lipinski definition) is 5. The van der Waals surface area contributed by atoms with Crippen LogP contribution in [-0.2, 0) is 33.8 Å². The summed E-state index contributed by atoms with van der Waals surface area (Å²) in [4.78, 5) is 16.1. The summed E-state index contributed by atoms with van der Waals surface area (Å²) in [6.07, 6.45) is 4.17. The average molecular weight is 544 g/mol. The fraction of sp³-hybridized carbons (Fsp3) is 0.538. The normalized spacial score (nSPS) is 15.9. The van der Waals surface area contributed by atoms with Crippen LogP contribution in [0.4, 0.5) is 23.2 Å². The Balaban J connectivity index is 1.72. The van der Waals surface area contributed by atoms with Crippen molar-refractivity contribution < 1.29 is 30.8 Å². The van der Waals surface area contributed by atoms with Gasteiger partial charge in [-0.15, -0.1) is 0 Å². The van der Waals surface area contributed by atoms with Crippen LogP contribution in [0, 0.1) is 11.7 Å². The third-order valence-electron chi connectivity index (χ3n) is 7.00. The Kier molecular flexibility index (Phi) is 9.20. The summed E-state index contributed by atoms with van der Waals surface area (Å²) in [6.45, 7) is 1.42. The molecule has 1 aliphatic rings. The van der Waals surface area contributed by atoms with Crippen molar-refractivity contribution in [1.82, 2.24) is 10.3 Å². The number of nitrogen functional groups attached to an aromatic ring is 1. The molecule has 0 saturated heterocycles. The van der Waals surface area contributed by atoms with Crippen LogP contribution in [0.25, 0.3) is 0 Å². The zero-order chi connectivity index (χ0) is 27.4. The third kappa shape index (κ3) is 7.43. The highest BCUT2D eigenvalue weighted by Crippen LogP contribution is 2.31. The molecule has 1 fully saturated rings. The third-order valence-corrected chi connectivity index (χ3v) is 8.11. The number of aromatic nitrogens is 1. The highest BCUT2D eigenvalue weighted by Gasteiger charge is 2.33. The Morgan fingerprint density at radius 1 is 1.16 bits per heavy atom. The van der Waals surface area contributed by atoms with Gasteiger partial charge in [0.1, 0.15) is 10.6 Å². The monoisotopic (exact) mass is 543 g/mol.